The average Bonchev–Trinajstić information content (AvgIpc) is 1.97. The van der Waals surface area contributed by atoms with Crippen molar-refractivity contribution in [3.05, 3.63) is 0 Å². The molecule has 0 aromatic rings. The molecule has 0 spiro atoms. The summed E-state index contributed by atoms with van der Waals surface area (Å²) in [6, 6.07) is 0. The largest absolute Gasteiger partial charge is 0.396 e. The number of hydrogen-bond acceptors (Lipinski definition) is 2. The fraction of sp³-hybridized carbons (Fsp3) is 0.750. The van der Waals surface area contributed by atoms with Crippen molar-refractivity contribution in [3.63, 3.8) is 0 Å². The van der Waals surface area contributed by atoms with Gasteiger partial charge in [0.2, 0.25) is 0 Å². The zero-order valence-corrected chi connectivity index (χ0v) is 6.27. The fourth-order valence-corrected chi connectivity index (χ4v) is 0.699. The van der Waals surface area contributed by atoms with Crippen LogP contribution in [-0.2, 0) is 0 Å². The summed E-state index contributed by atoms with van der Waals surface area (Å²) in [5.41, 5.74) is 0. The number of unbranched alkanes of at least 4 members (excludes halogenated alkanes) is 2. The summed E-state index contributed by atoms with van der Waals surface area (Å²) in [5, 5.41) is 11.5. The zero-order valence-electron chi connectivity index (χ0n) is 6.27. The Kier molecular flexibility index (Phi) is 8.04. The van der Waals surface area contributed by atoms with Gasteiger partial charge in [0, 0.05) is 6.61 Å². The Balaban J connectivity index is 2.72. The molecule has 0 radical (unpaired) electrons. The maximum Gasteiger partial charge on any atom is 0.0573 e. The van der Waals surface area contributed by atoms with Crippen LogP contribution < -0.4 is 5.32 Å². The molecule has 2 nitrogen and oxygen atoms in total. The van der Waals surface area contributed by atoms with Gasteiger partial charge >= 0.3 is 0 Å². The Morgan fingerprint density at radius 1 is 1.30 bits per heavy atom. The molecule has 0 aromatic heterocycles. The highest BCUT2D eigenvalue weighted by atomic mass is 16.2. The summed E-state index contributed by atoms with van der Waals surface area (Å²) in [4.78, 5) is 0. The molecule has 0 saturated heterocycles. The smallest absolute Gasteiger partial charge is 0.0573 e. The lowest BCUT2D eigenvalue weighted by Crippen LogP contribution is -2.14. The number of nitrogens with one attached hydrogen (secondary N) is 1. The predicted octanol–water partition coefficient (Wildman–Crippen LogP) is 0.372. The van der Waals surface area contributed by atoms with E-state index in [-0.39, 0.29) is 0 Å². The van der Waals surface area contributed by atoms with Crippen LogP contribution in [0.5, 0.6) is 0 Å². The molecule has 10 heavy (non-hydrogen) atoms. The highest BCUT2D eigenvalue weighted by Gasteiger charge is 1.85. The summed E-state index contributed by atoms with van der Waals surface area (Å²) in [7, 11) is 0. The van der Waals surface area contributed by atoms with E-state index in [1.165, 1.54) is 0 Å². The van der Waals surface area contributed by atoms with Crippen LogP contribution in [-0.4, -0.2) is 24.8 Å². The molecule has 0 aliphatic rings. The lowest BCUT2D eigenvalue weighted by Gasteiger charge is -1.98. The van der Waals surface area contributed by atoms with E-state index in [1.807, 2.05) is 0 Å². The van der Waals surface area contributed by atoms with E-state index >= 15 is 0 Å². The van der Waals surface area contributed by atoms with Crippen LogP contribution in [0.2, 0.25) is 0 Å². The molecule has 0 bridgehead atoms. The number of aliphatic hydroxyl groups is 1. The van der Waals surface area contributed by atoms with Crippen LogP contribution in [0.1, 0.15) is 19.3 Å². The van der Waals surface area contributed by atoms with Crippen LogP contribution in [0.25, 0.3) is 0 Å². The van der Waals surface area contributed by atoms with Crippen molar-refractivity contribution < 1.29 is 5.11 Å². The molecule has 2 heteroatoms. The van der Waals surface area contributed by atoms with Gasteiger partial charge in [-0.25, -0.2) is 0 Å². The van der Waals surface area contributed by atoms with Gasteiger partial charge in [-0.3, -0.25) is 0 Å². The van der Waals surface area contributed by atoms with Crippen molar-refractivity contribution in [1.29, 1.82) is 0 Å². The van der Waals surface area contributed by atoms with E-state index in [1.54, 1.807) is 0 Å². The van der Waals surface area contributed by atoms with E-state index in [0.717, 1.165) is 25.8 Å². The van der Waals surface area contributed by atoms with Crippen molar-refractivity contribution in [2.45, 2.75) is 19.3 Å². The molecule has 0 aliphatic carbocycles. The Labute approximate surface area is 62.6 Å². The number of rotatable bonds is 6. The predicted molar refractivity (Wildman–Crippen MR) is 42.6 cm³/mol. The van der Waals surface area contributed by atoms with Crippen molar-refractivity contribution in [2.24, 2.45) is 0 Å². The molecule has 0 unspecified atom stereocenters. The first-order chi connectivity index (χ1) is 4.91. The van der Waals surface area contributed by atoms with Crippen LogP contribution in [0.3, 0.4) is 0 Å². The Hall–Kier alpha value is -0.520. The minimum atomic E-state index is 0.301. The second kappa shape index (κ2) is 8.48. The van der Waals surface area contributed by atoms with Crippen LogP contribution in [0.4, 0.5) is 0 Å². The van der Waals surface area contributed by atoms with Crippen molar-refractivity contribution >= 4 is 0 Å². The fourth-order valence-electron chi connectivity index (χ4n) is 0.699. The van der Waals surface area contributed by atoms with Gasteiger partial charge < -0.3 is 10.4 Å². The molecule has 0 atom stereocenters. The van der Waals surface area contributed by atoms with E-state index in [4.69, 9.17) is 11.5 Å². The molecule has 58 valence electrons. The summed E-state index contributed by atoms with van der Waals surface area (Å²) >= 11 is 0. The molecular weight excluding hydrogens is 126 g/mol. The molecule has 0 heterocycles. The summed E-state index contributed by atoms with van der Waals surface area (Å²) in [5.74, 6) is 2.50. The second-order valence-electron chi connectivity index (χ2n) is 2.17. The van der Waals surface area contributed by atoms with Crippen LogP contribution in [0.15, 0.2) is 0 Å². The SMILES string of the molecule is C#CCNCCCCCO. The van der Waals surface area contributed by atoms with Gasteiger partial charge in [-0.2, -0.15) is 0 Å². The molecule has 0 fully saturated rings. The highest BCUT2D eigenvalue weighted by molar-refractivity contribution is 4.86. The first-order valence-corrected chi connectivity index (χ1v) is 3.67. The minimum Gasteiger partial charge on any atom is -0.396 e. The third-order valence-corrected chi connectivity index (χ3v) is 1.24. The molecule has 0 aliphatic heterocycles. The van der Waals surface area contributed by atoms with Gasteiger partial charge in [0.1, 0.15) is 0 Å². The minimum absolute atomic E-state index is 0.301. The standard InChI is InChI=1S/C8H15NO/c1-2-6-9-7-4-3-5-8-10/h1,9-10H,3-8H2. The Morgan fingerprint density at radius 2 is 2.10 bits per heavy atom. The first kappa shape index (κ1) is 9.48. The van der Waals surface area contributed by atoms with E-state index in [2.05, 4.69) is 11.2 Å². The van der Waals surface area contributed by atoms with Gasteiger partial charge in [-0.15, -0.1) is 6.42 Å². The molecule has 0 amide bonds. The van der Waals surface area contributed by atoms with Crippen LogP contribution >= 0.6 is 0 Å². The topological polar surface area (TPSA) is 32.3 Å². The highest BCUT2D eigenvalue weighted by Crippen LogP contribution is 1.90. The Morgan fingerprint density at radius 3 is 2.70 bits per heavy atom. The first-order valence-electron chi connectivity index (χ1n) is 3.67. The lowest BCUT2D eigenvalue weighted by molar-refractivity contribution is 0.283. The third-order valence-electron chi connectivity index (χ3n) is 1.24. The van der Waals surface area contributed by atoms with Crippen LogP contribution in [0, 0.1) is 12.3 Å². The molecule has 0 rings (SSSR count). The van der Waals surface area contributed by atoms with Gasteiger partial charge in [-0.05, 0) is 25.8 Å². The van der Waals surface area contributed by atoms with Crippen molar-refractivity contribution in [2.75, 3.05) is 19.7 Å². The number of terminal acetylenes is 1. The molecular formula is C8H15NO. The van der Waals surface area contributed by atoms with E-state index in [9.17, 15) is 0 Å². The van der Waals surface area contributed by atoms with Gasteiger partial charge in [0.05, 0.1) is 6.54 Å². The maximum atomic E-state index is 8.42. The molecule has 0 saturated carbocycles. The normalized spacial score (nSPS) is 9.20. The number of aliphatic hydroxyl groups excluding tert-OH is 1. The summed E-state index contributed by atoms with van der Waals surface area (Å²) < 4.78 is 0. The van der Waals surface area contributed by atoms with Gasteiger partial charge in [0.25, 0.3) is 0 Å². The van der Waals surface area contributed by atoms with E-state index in [0.29, 0.717) is 13.2 Å². The van der Waals surface area contributed by atoms with Gasteiger partial charge in [-0.1, -0.05) is 5.92 Å². The molecule has 2 N–H and O–H groups in total. The summed E-state index contributed by atoms with van der Waals surface area (Å²) in [6.07, 6.45) is 8.09. The van der Waals surface area contributed by atoms with E-state index < -0.39 is 0 Å². The Bertz CT molecular complexity index is 95.9. The van der Waals surface area contributed by atoms with Crippen molar-refractivity contribution in [1.82, 2.24) is 5.32 Å². The van der Waals surface area contributed by atoms with Crippen molar-refractivity contribution in [3.8, 4) is 12.3 Å². The average molecular weight is 141 g/mol. The van der Waals surface area contributed by atoms with Gasteiger partial charge in [0.15, 0.2) is 0 Å². The molecule has 0 aromatic carbocycles. The third kappa shape index (κ3) is 7.48. The summed E-state index contributed by atoms with van der Waals surface area (Å²) in [6.45, 7) is 1.92. The zero-order chi connectivity index (χ0) is 7.66. The maximum absolute atomic E-state index is 8.42. The lowest BCUT2D eigenvalue weighted by atomic mass is 10.2. The quantitative estimate of drug-likeness (QED) is 0.414. The number of hydrogen-bond donors (Lipinski definition) is 2. The monoisotopic (exact) mass is 141 g/mol. The second-order valence-corrected chi connectivity index (χ2v) is 2.17.